The van der Waals surface area contributed by atoms with Crippen LogP contribution in [0.4, 0.5) is 5.69 Å². The van der Waals surface area contributed by atoms with Crippen molar-refractivity contribution in [3.05, 3.63) is 99.0 Å². The highest BCUT2D eigenvalue weighted by Crippen LogP contribution is 2.42. The molecule has 0 saturated carbocycles. The molecule has 1 heterocycles. The Hall–Kier alpha value is -1.67. The first-order valence-electron chi connectivity index (χ1n) is 9.14. The van der Waals surface area contributed by atoms with E-state index in [4.69, 9.17) is 34.8 Å². The van der Waals surface area contributed by atoms with Crippen LogP contribution in [0.15, 0.2) is 72.8 Å². The summed E-state index contributed by atoms with van der Waals surface area (Å²) in [5.74, 6) is 0.490. The van der Waals surface area contributed by atoms with E-state index in [9.17, 15) is 0 Å². The number of hydrogen-bond donors (Lipinski definition) is 0. The zero-order chi connectivity index (χ0) is 18.8. The third-order valence-corrected chi connectivity index (χ3v) is 6.15. The molecule has 0 radical (unpaired) electrons. The zero-order valence-electron chi connectivity index (χ0n) is 14.8. The first-order chi connectivity index (χ1) is 13.1. The molecule has 0 spiro atoms. The number of anilines is 1. The maximum Gasteiger partial charge on any atom is 0.0557 e. The molecule has 3 aromatic carbocycles. The number of nitrogens with zero attached hydrogens (tertiary/aromatic N) is 1. The van der Waals surface area contributed by atoms with Crippen molar-refractivity contribution >= 4 is 40.5 Å². The van der Waals surface area contributed by atoms with Gasteiger partial charge in [-0.3, -0.25) is 0 Å². The number of halogens is 3. The van der Waals surface area contributed by atoms with E-state index in [-0.39, 0.29) is 6.04 Å². The predicted octanol–water partition coefficient (Wildman–Crippen LogP) is 7.77. The molecule has 138 valence electrons. The summed E-state index contributed by atoms with van der Waals surface area (Å²) in [5.41, 5.74) is 3.68. The van der Waals surface area contributed by atoms with Crippen LogP contribution in [0.1, 0.15) is 35.9 Å². The van der Waals surface area contributed by atoms with Crippen molar-refractivity contribution in [3.63, 3.8) is 0 Å². The van der Waals surface area contributed by atoms with Crippen molar-refractivity contribution in [2.45, 2.75) is 24.8 Å². The molecule has 0 bridgehead atoms. The summed E-state index contributed by atoms with van der Waals surface area (Å²) < 4.78 is 0. The summed E-state index contributed by atoms with van der Waals surface area (Å²) in [6.45, 7) is 0.940. The number of benzene rings is 3. The summed E-state index contributed by atoms with van der Waals surface area (Å²) in [6.07, 6.45) is 2.15. The van der Waals surface area contributed by atoms with Crippen molar-refractivity contribution in [2.24, 2.45) is 0 Å². The van der Waals surface area contributed by atoms with E-state index < -0.39 is 0 Å². The second kappa shape index (κ2) is 8.14. The first-order valence-corrected chi connectivity index (χ1v) is 10.3. The van der Waals surface area contributed by atoms with Crippen LogP contribution in [-0.2, 0) is 0 Å². The van der Waals surface area contributed by atoms with E-state index in [1.54, 1.807) is 0 Å². The molecule has 0 N–H and O–H groups in total. The molecule has 1 aliphatic heterocycles. The van der Waals surface area contributed by atoms with Crippen LogP contribution in [0.5, 0.6) is 0 Å². The lowest BCUT2D eigenvalue weighted by Gasteiger charge is -2.42. The van der Waals surface area contributed by atoms with Crippen LogP contribution in [0.3, 0.4) is 0 Å². The van der Waals surface area contributed by atoms with Gasteiger partial charge in [0.15, 0.2) is 0 Å². The highest BCUT2D eigenvalue weighted by Gasteiger charge is 2.31. The van der Waals surface area contributed by atoms with Crippen LogP contribution >= 0.6 is 34.8 Å². The molecular formula is C23H20Cl3N. The van der Waals surface area contributed by atoms with Crippen molar-refractivity contribution in [1.29, 1.82) is 0 Å². The maximum atomic E-state index is 6.56. The van der Waals surface area contributed by atoms with E-state index in [2.05, 4.69) is 53.4 Å². The molecule has 27 heavy (non-hydrogen) atoms. The topological polar surface area (TPSA) is 3.24 Å². The van der Waals surface area contributed by atoms with Crippen LogP contribution in [0.25, 0.3) is 0 Å². The maximum absolute atomic E-state index is 6.56. The lowest BCUT2D eigenvalue weighted by atomic mass is 9.84. The smallest absolute Gasteiger partial charge is 0.0557 e. The number of rotatable bonds is 3. The fourth-order valence-electron chi connectivity index (χ4n) is 3.98. The Morgan fingerprint density at radius 3 is 2.15 bits per heavy atom. The third-order valence-electron chi connectivity index (χ3n) is 5.33. The molecule has 4 heteroatoms. The second-order valence-electron chi connectivity index (χ2n) is 7.00. The minimum Gasteiger partial charge on any atom is -0.364 e. The van der Waals surface area contributed by atoms with Gasteiger partial charge in [-0.1, -0.05) is 71.2 Å². The van der Waals surface area contributed by atoms with E-state index in [0.717, 1.165) is 40.7 Å². The van der Waals surface area contributed by atoms with Gasteiger partial charge in [0.1, 0.15) is 0 Å². The number of hydrogen-bond acceptors (Lipinski definition) is 1. The van der Waals surface area contributed by atoms with Crippen LogP contribution in [-0.4, -0.2) is 6.54 Å². The Balaban J connectivity index is 1.71. The quantitative estimate of drug-likeness (QED) is 0.421. The average Bonchev–Trinajstić information content (AvgIpc) is 2.69. The van der Waals surface area contributed by atoms with Gasteiger partial charge in [-0.15, -0.1) is 0 Å². The summed E-state index contributed by atoms with van der Waals surface area (Å²) in [5, 5.41) is 2.14. The Morgan fingerprint density at radius 1 is 0.741 bits per heavy atom. The Labute approximate surface area is 175 Å². The van der Waals surface area contributed by atoms with Gasteiger partial charge in [0, 0.05) is 33.2 Å². The summed E-state index contributed by atoms with van der Waals surface area (Å²) in [4.78, 5) is 2.45. The van der Waals surface area contributed by atoms with E-state index in [1.807, 2.05) is 24.3 Å². The Bertz CT molecular complexity index is 909. The number of piperidine rings is 1. The van der Waals surface area contributed by atoms with Crippen molar-refractivity contribution in [3.8, 4) is 0 Å². The monoisotopic (exact) mass is 415 g/mol. The standard InChI is InChI=1S/C23H20Cl3N/c24-18-7-10-20(11-8-18)27-15-17(16-4-2-1-3-5-16)6-13-23(27)21-12-9-19(25)14-22(21)26/h1-5,7-12,14,17,23H,6,13,15H2. The molecule has 2 atom stereocenters. The summed E-state index contributed by atoms with van der Waals surface area (Å²) in [6, 6.07) is 24.9. The van der Waals surface area contributed by atoms with Crippen molar-refractivity contribution in [1.82, 2.24) is 0 Å². The average molecular weight is 417 g/mol. The van der Waals surface area contributed by atoms with Gasteiger partial charge in [0.2, 0.25) is 0 Å². The van der Waals surface area contributed by atoms with E-state index >= 15 is 0 Å². The fourth-order valence-corrected chi connectivity index (χ4v) is 4.64. The molecule has 1 fully saturated rings. The zero-order valence-corrected chi connectivity index (χ0v) is 17.1. The van der Waals surface area contributed by atoms with Crippen LogP contribution < -0.4 is 4.90 Å². The third kappa shape index (κ3) is 4.11. The highest BCUT2D eigenvalue weighted by molar-refractivity contribution is 6.35. The molecule has 1 saturated heterocycles. The van der Waals surface area contributed by atoms with E-state index in [0.29, 0.717) is 10.9 Å². The van der Waals surface area contributed by atoms with E-state index in [1.165, 1.54) is 5.56 Å². The molecule has 0 aromatic heterocycles. The minimum absolute atomic E-state index is 0.218. The Morgan fingerprint density at radius 2 is 1.44 bits per heavy atom. The van der Waals surface area contributed by atoms with Crippen molar-refractivity contribution in [2.75, 3.05) is 11.4 Å². The van der Waals surface area contributed by atoms with Gasteiger partial charge in [-0.25, -0.2) is 0 Å². The van der Waals surface area contributed by atoms with Gasteiger partial charge in [0.25, 0.3) is 0 Å². The summed E-state index contributed by atoms with van der Waals surface area (Å²) in [7, 11) is 0. The van der Waals surface area contributed by atoms with Crippen LogP contribution in [0.2, 0.25) is 15.1 Å². The highest BCUT2D eigenvalue weighted by atomic mass is 35.5. The van der Waals surface area contributed by atoms with Gasteiger partial charge < -0.3 is 4.90 Å². The predicted molar refractivity (Wildman–Crippen MR) is 116 cm³/mol. The molecule has 3 aromatic rings. The lowest BCUT2D eigenvalue weighted by molar-refractivity contribution is 0.428. The largest absolute Gasteiger partial charge is 0.364 e. The second-order valence-corrected chi connectivity index (χ2v) is 8.28. The Kier molecular flexibility index (Phi) is 5.63. The normalized spacial score (nSPS) is 19.9. The molecule has 0 aliphatic carbocycles. The molecule has 1 nitrogen and oxygen atoms in total. The minimum atomic E-state index is 0.218. The molecular weight excluding hydrogens is 397 g/mol. The summed E-state index contributed by atoms with van der Waals surface area (Å²) >= 11 is 18.8. The molecule has 2 unspecified atom stereocenters. The van der Waals surface area contributed by atoms with Gasteiger partial charge in [0.05, 0.1) is 6.04 Å². The van der Waals surface area contributed by atoms with Crippen LogP contribution in [0, 0.1) is 0 Å². The fraction of sp³-hybridized carbons (Fsp3) is 0.217. The lowest BCUT2D eigenvalue weighted by Crippen LogP contribution is -2.37. The molecule has 0 amide bonds. The van der Waals surface area contributed by atoms with Gasteiger partial charge in [-0.05, 0) is 60.4 Å². The first kappa shape index (κ1) is 18.7. The van der Waals surface area contributed by atoms with Gasteiger partial charge in [-0.2, -0.15) is 0 Å². The molecule has 1 aliphatic rings. The van der Waals surface area contributed by atoms with Crippen molar-refractivity contribution < 1.29 is 0 Å². The van der Waals surface area contributed by atoms with Gasteiger partial charge >= 0.3 is 0 Å². The molecule has 4 rings (SSSR count). The SMILES string of the molecule is Clc1ccc(N2CC(c3ccccc3)CCC2c2ccc(Cl)cc2Cl)cc1.